The highest BCUT2D eigenvalue weighted by atomic mass is 79.9. The fraction of sp³-hybridized carbons (Fsp3) is 0.941. The number of likely N-dealkylation sites (N-methyl/N-ethyl adjacent to an activating group) is 1. The Balaban J connectivity index is 2.45. The smallest absolute Gasteiger partial charge is 0.410 e. The predicted molar refractivity (Wildman–Crippen MR) is 93.6 cm³/mol. The maximum Gasteiger partial charge on any atom is 0.410 e. The molecule has 1 unspecified atom stereocenters. The van der Waals surface area contributed by atoms with Crippen LogP contribution in [0.15, 0.2) is 0 Å². The van der Waals surface area contributed by atoms with Crippen molar-refractivity contribution in [1.82, 2.24) is 4.90 Å². The molecular formula is C17H32BrNO3. The molecule has 1 atom stereocenters. The lowest BCUT2D eigenvalue weighted by Crippen LogP contribution is -2.48. The Hall–Kier alpha value is -0.290. The summed E-state index contributed by atoms with van der Waals surface area (Å²) in [6.45, 7) is 11.6. The summed E-state index contributed by atoms with van der Waals surface area (Å²) in [5.41, 5.74) is -0.850. The Labute approximate surface area is 144 Å². The number of alkyl halides is 1. The molecule has 1 rings (SSSR count). The van der Waals surface area contributed by atoms with Crippen molar-refractivity contribution in [1.29, 1.82) is 0 Å². The molecular weight excluding hydrogens is 346 g/mol. The highest BCUT2D eigenvalue weighted by molar-refractivity contribution is 9.09. The van der Waals surface area contributed by atoms with Crippen LogP contribution in [0.4, 0.5) is 4.79 Å². The van der Waals surface area contributed by atoms with Gasteiger partial charge in [-0.25, -0.2) is 4.79 Å². The number of hydrogen-bond donors (Lipinski definition) is 0. The summed E-state index contributed by atoms with van der Waals surface area (Å²) in [5.74, 6) is 0.938. The molecule has 0 radical (unpaired) electrons. The fourth-order valence-corrected chi connectivity index (χ4v) is 2.60. The number of nitrogens with zero attached hydrogens (tertiary/aromatic N) is 1. The summed E-state index contributed by atoms with van der Waals surface area (Å²) in [4.78, 5) is 14.0. The molecule has 0 aromatic heterocycles. The number of rotatable bonds is 9. The molecule has 0 aromatic carbocycles. The van der Waals surface area contributed by atoms with E-state index in [9.17, 15) is 4.79 Å². The second kappa shape index (κ2) is 8.53. The quantitative estimate of drug-likeness (QED) is 0.435. The lowest BCUT2D eigenvalue weighted by Gasteiger charge is -2.35. The number of hydrogen-bond acceptors (Lipinski definition) is 3. The average Bonchev–Trinajstić information content (AvgIpc) is 3.23. The van der Waals surface area contributed by atoms with E-state index in [-0.39, 0.29) is 11.7 Å². The second-order valence-corrected chi connectivity index (χ2v) is 8.07. The zero-order chi connectivity index (χ0) is 16.8. The van der Waals surface area contributed by atoms with Crippen molar-refractivity contribution >= 4 is 22.0 Å². The highest BCUT2D eigenvalue weighted by Crippen LogP contribution is 2.33. The van der Waals surface area contributed by atoms with Crippen LogP contribution in [-0.4, -0.2) is 47.2 Å². The van der Waals surface area contributed by atoms with Gasteiger partial charge in [0, 0.05) is 18.5 Å². The van der Waals surface area contributed by atoms with E-state index < -0.39 is 5.60 Å². The van der Waals surface area contributed by atoms with Gasteiger partial charge in [-0.15, -0.1) is 0 Å². The Kier molecular flexibility index (Phi) is 7.66. The Bertz CT molecular complexity index is 352. The second-order valence-electron chi connectivity index (χ2n) is 7.51. The molecule has 0 aromatic rings. The van der Waals surface area contributed by atoms with Gasteiger partial charge in [-0.05, 0) is 53.4 Å². The SMILES string of the molecule is CCN(CC(C)(CBr)OCCCC1CC1)C(=O)OC(C)(C)C. The first-order chi connectivity index (χ1) is 10.2. The normalized spacial score (nSPS) is 17.9. The van der Waals surface area contributed by atoms with Gasteiger partial charge in [-0.1, -0.05) is 28.8 Å². The minimum Gasteiger partial charge on any atom is -0.444 e. The predicted octanol–water partition coefficient (Wildman–Crippen LogP) is 4.60. The molecule has 1 amide bonds. The van der Waals surface area contributed by atoms with Crippen LogP contribution in [0.2, 0.25) is 0 Å². The first kappa shape index (κ1) is 19.8. The van der Waals surface area contributed by atoms with E-state index in [0.717, 1.165) is 18.9 Å². The van der Waals surface area contributed by atoms with Gasteiger partial charge in [0.2, 0.25) is 0 Å². The Morgan fingerprint density at radius 3 is 2.36 bits per heavy atom. The number of carbonyl (C=O) groups is 1. The van der Waals surface area contributed by atoms with Crippen molar-refractivity contribution in [3.63, 3.8) is 0 Å². The lowest BCUT2D eigenvalue weighted by atomic mass is 10.1. The molecule has 0 bridgehead atoms. The van der Waals surface area contributed by atoms with Gasteiger partial charge in [0.25, 0.3) is 0 Å². The molecule has 0 spiro atoms. The molecule has 130 valence electrons. The largest absolute Gasteiger partial charge is 0.444 e. The maximum absolute atomic E-state index is 12.2. The van der Waals surface area contributed by atoms with Crippen LogP contribution in [0.3, 0.4) is 0 Å². The van der Waals surface area contributed by atoms with Crippen LogP contribution in [0.5, 0.6) is 0 Å². The van der Waals surface area contributed by atoms with Crippen molar-refractivity contribution in [2.75, 3.05) is 25.0 Å². The molecule has 0 N–H and O–H groups in total. The molecule has 0 saturated heterocycles. The summed E-state index contributed by atoms with van der Waals surface area (Å²) in [7, 11) is 0. The van der Waals surface area contributed by atoms with E-state index in [2.05, 4.69) is 15.9 Å². The zero-order valence-corrected chi connectivity index (χ0v) is 16.4. The molecule has 5 heteroatoms. The van der Waals surface area contributed by atoms with Gasteiger partial charge in [0.1, 0.15) is 5.60 Å². The van der Waals surface area contributed by atoms with Gasteiger partial charge >= 0.3 is 6.09 Å². The Morgan fingerprint density at radius 2 is 1.91 bits per heavy atom. The van der Waals surface area contributed by atoms with Crippen molar-refractivity contribution in [2.45, 2.75) is 71.5 Å². The molecule has 1 aliphatic rings. The van der Waals surface area contributed by atoms with Crippen molar-refractivity contribution < 1.29 is 14.3 Å². The topological polar surface area (TPSA) is 38.8 Å². The van der Waals surface area contributed by atoms with Crippen molar-refractivity contribution in [2.24, 2.45) is 5.92 Å². The fourth-order valence-electron chi connectivity index (χ4n) is 2.26. The van der Waals surface area contributed by atoms with Crippen LogP contribution >= 0.6 is 15.9 Å². The monoisotopic (exact) mass is 377 g/mol. The van der Waals surface area contributed by atoms with E-state index >= 15 is 0 Å². The summed E-state index contributed by atoms with van der Waals surface area (Å²) in [5, 5.41) is 0.697. The minimum absolute atomic E-state index is 0.274. The first-order valence-corrected chi connectivity index (χ1v) is 9.49. The molecule has 1 aliphatic carbocycles. The average molecular weight is 378 g/mol. The number of ether oxygens (including phenoxy) is 2. The van der Waals surface area contributed by atoms with E-state index in [1.807, 2.05) is 34.6 Å². The van der Waals surface area contributed by atoms with Crippen molar-refractivity contribution in [3.05, 3.63) is 0 Å². The van der Waals surface area contributed by atoms with Gasteiger partial charge in [-0.3, -0.25) is 0 Å². The minimum atomic E-state index is -0.472. The number of amides is 1. The van der Waals surface area contributed by atoms with Gasteiger partial charge in [0.15, 0.2) is 0 Å². The lowest BCUT2D eigenvalue weighted by molar-refractivity contribution is -0.0435. The summed E-state index contributed by atoms with van der Waals surface area (Å²) < 4.78 is 11.5. The number of carbonyl (C=O) groups excluding carboxylic acids is 1. The molecule has 4 nitrogen and oxygen atoms in total. The number of halogens is 1. The third kappa shape index (κ3) is 7.82. The van der Waals surface area contributed by atoms with E-state index in [4.69, 9.17) is 9.47 Å². The van der Waals surface area contributed by atoms with E-state index in [1.165, 1.54) is 19.3 Å². The summed E-state index contributed by atoms with van der Waals surface area (Å²) in [6.07, 6.45) is 4.87. The van der Waals surface area contributed by atoms with Gasteiger partial charge < -0.3 is 14.4 Å². The van der Waals surface area contributed by atoms with E-state index in [0.29, 0.717) is 18.4 Å². The van der Waals surface area contributed by atoms with Crippen LogP contribution in [0, 0.1) is 5.92 Å². The summed E-state index contributed by atoms with van der Waals surface area (Å²) >= 11 is 3.53. The molecule has 1 saturated carbocycles. The zero-order valence-electron chi connectivity index (χ0n) is 14.8. The van der Waals surface area contributed by atoms with Crippen LogP contribution in [-0.2, 0) is 9.47 Å². The third-order valence-electron chi connectivity index (χ3n) is 3.75. The standard InChI is InChI=1S/C17H32BrNO3/c1-6-19(15(20)22-16(2,3)4)13-17(5,12-18)21-11-7-8-14-9-10-14/h14H,6-13H2,1-5H3. The summed E-state index contributed by atoms with van der Waals surface area (Å²) in [6, 6.07) is 0. The third-order valence-corrected chi connectivity index (χ3v) is 4.93. The highest BCUT2D eigenvalue weighted by Gasteiger charge is 2.31. The van der Waals surface area contributed by atoms with Crippen LogP contribution in [0.25, 0.3) is 0 Å². The molecule has 0 aliphatic heterocycles. The van der Waals surface area contributed by atoms with Crippen LogP contribution in [0.1, 0.15) is 60.3 Å². The van der Waals surface area contributed by atoms with Crippen LogP contribution < -0.4 is 0 Å². The van der Waals surface area contributed by atoms with Crippen molar-refractivity contribution in [3.8, 4) is 0 Å². The first-order valence-electron chi connectivity index (χ1n) is 8.37. The molecule has 22 heavy (non-hydrogen) atoms. The van der Waals surface area contributed by atoms with Gasteiger partial charge in [0.05, 0.1) is 12.1 Å². The van der Waals surface area contributed by atoms with E-state index in [1.54, 1.807) is 4.90 Å². The van der Waals surface area contributed by atoms with Gasteiger partial charge in [-0.2, -0.15) is 0 Å². The molecule has 0 heterocycles. The molecule has 1 fully saturated rings. The maximum atomic E-state index is 12.2. The Morgan fingerprint density at radius 1 is 1.27 bits per heavy atom.